The highest BCUT2D eigenvalue weighted by Crippen LogP contribution is 2.29. The molecule has 1 aromatic rings. The van der Waals surface area contributed by atoms with Crippen LogP contribution in [0.1, 0.15) is 25.0 Å². The van der Waals surface area contributed by atoms with E-state index in [1.165, 1.54) is 18.1 Å². The Labute approximate surface area is 95.5 Å². The first-order valence-electron chi connectivity index (χ1n) is 5.57. The van der Waals surface area contributed by atoms with E-state index >= 15 is 0 Å². The standard InChI is InChI=1S/C13H17NO2/c1-9(15)12(16)14-13(2)7-10-5-3-4-6-11(10)8-13/h3-6,9,15H,7-8H2,1-2H3,(H,14,16). The number of hydrogen-bond donors (Lipinski definition) is 2. The van der Waals surface area contributed by atoms with E-state index in [-0.39, 0.29) is 11.4 Å². The van der Waals surface area contributed by atoms with Crippen molar-refractivity contribution in [2.45, 2.75) is 38.3 Å². The van der Waals surface area contributed by atoms with Crippen LogP contribution in [-0.2, 0) is 17.6 Å². The van der Waals surface area contributed by atoms with Gasteiger partial charge in [-0.2, -0.15) is 0 Å². The van der Waals surface area contributed by atoms with Crippen LogP contribution in [0.25, 0.3) is 0 Å². The number of carbonyl (C=O) groups is 1. The van der Waals surface area contributed by atoms with Crippen LogP contribution < -0.4 is 5.32 Å². The Hall–Kier alpha value is -1.35. The first kappa shape index (κ1) is 11.1. The molecule has 3 heteroatoms. The summed E-state index contributed by atoms with van der Waals surface area (Å²) in [7, 11) is 0. The molecule has 0 aromatic heterocycles. The zero-order valence-corrected chi connectivity index (χ0v) is 9.66. The largest absolute Gasteiger partial charge is 0.384 e. The Morgan fingerprint density at radius 3 is 2.31 bits per heavy atom. The van der Waals surface area contributed by atoms with Gasteiger partial charge in [-0.25, -0.2) is 0 Å². The fourth-order valence-electron chi connectivity index (χ4n) is 2.30. The highest BCUT2D eigenvalue weighted by molar-refractivity contribution is 5.81. The highest BCUT2D eigenvalue weighted by atomic mass is 16.3. The summed E-state index contributed by atoms with van der Waals surface area (Å²) in [6, 6.07) is 8.21. The first-order chi connectivity index (χ1) is 7.50. The third kappa shape index (κ3) is 2.09. The van der Waals surface area contributed by atoms with Crippen LogP contribution in [0.15, 0.2) is 24.3 Å². The van der Waals surface area contributed by atoms with Crippen LogP contribution >= 0.6 is 0 Å². The quantitative estimate of drug-likeness (QED) is 0.781. The van der Waals surface area contributed by atoms with Crippen molar-refractivity contribution < 1.29 is 9.90 Å². The zero-order valence-electron chi connectivity index (χ0n) is 9.66. The first-order valence-corrected chi connectivity index (χ1v) is 5.57. The van der Waals surface area contributed by atoms with E-state index in [4.69, 9.17) is 0 Å². The van der Waals surface area contributed by atoms with Gasteiger partial charge >= 0.3 is 0 Å². The van der Waals surface area contributed by atoms with Gasteiger partial charge < -0.3 is 10.4 Å². The molecule has 2 N–H and O–H groups in total. The van der Waals surface area contributed by atoms with Crippen molar-refractivity contribution in [3.63, 3.8) is 0 Å². The van der Waals surface area contributed by atoms with Gasteiger partial charge in [0.15, 0.2) is 0 Å². The van der Waals surface area contributed by atoms with Crippen LogP contribution in [0.3, 0.4) is 0 Å². The van der Waals surface area contributed by atoms with E-state index in [9.17, 15) is 9.90 Å². The molecule has 1 aromatic carbocycles. The molecule has 0 saturated heterocycles. The molecule has 2 rings (SSSR count). The molecule has 1 aliphatic carbocycles. The molecule has 1 atom stereocenters. The van der Waals surface area contributed by atoms with Gasteiger partial charge in [0.25, 0.3) is 0 Å². The van der Waals surface area contributed by atoms with Crippen molar-refractivity contribution in [2.75, 3.05) is 0 Å². The summed E-state index contributed by atoms with van der Waals surface area (Å²) in [5.41, 5.74) is 2.32. The molecule has 3 nitrogen and oxygen atoms in total. The van der Waals surface area contributed by atoms with E-state index in [1.54, 1.807) is 0 Å². The normalized spacial score (nSPS) is 18.9. The van der Waals surface area contributed by atoms with E-state index in [2.05, 4.69) is 17.4 Å². The van der Waals surface area contributed by atoms with Crippen molar-refractivity contribution in [3.05, 3.63) is 35.4 Å². The lowest BCUT2D eigenvalue weighted by Gasteiger charge is -2.26. The Bertz CT molecular complexity index is 387. The lowest BCUT2D eigenvalue weighted by molar-refractivity contribution is -0.130. The Morgan fingerprint density at radius 1 is 1.38 bits per heavy atom. The Morgan fingerprint density at radius 2 is 1.88 bits per heavy atom. The minimum absolute atomic E-state index is 0.252. The van der Waals surface area contributed by atoms with Crippen molar-refractivity contribution in [1.29, 1.82) is 0 Å². The van der Waals surface area contributed by atoms with Gasteiger partial charge in [-0.15, -0.1) is 0 Å². The van der Waals surface area contributed by atoms with Gasteiger partial charge in [0, 0.05) is 5.54 Å². The summed E-state index contributed by atoms with van der Waals surface area (Å²) in [5, 5.41) is 12.1. The molecule has 1 aliphatic rings. The topological polar surface area (TPSA) is 49.3 Å². The molecule has 0 spiro atoms. The maximum absolute atomic E-state index is 11.5. The molecular weight excluding hydrogens is 202 g/mol. The summed E-state index contributed by atoms with van der Waals surface area (Å²) < 4.78 is 0. The fraction of sp³-hybridized carbons (Fsp3) is 0.462. The smallest absolute Gasteiger partial charge is 0.248 e. The maximum atomic E-state index is 11.5. The van der Waals surface area contributed by atoms with Crippen LogP contribution in [-0.4, -0.2) is 22.7 Å². The molecule has 1 unspecified atom stereocenters. The van der Waals surface area contributed by atoms with Gasteiger partial charge in [0.05, 0.1) is 0 Å². The third-order valence-corrected chi connectivity index (χ3v) is 3.08. The van der Waals surface area contributed by atoms with Gasteiger partial charge in [-0.3, -0.25) is 4.79 Å². The number of carbonyl (C=O) groups excluding carboxylic acids is 1. The summed E-state index contributed by atoms with van der Waals surface area (Å²) in [6.07, 6.45) is 0.726. The van der Waals surface area contributed by atoms with E-state index in [0.717, 1.165) is 12.8 Å². The van der Waals surface area contributed by atoms with Gasteiger partial charge in [0.1, 0.15) is 6.10 Å². The van der Waals surface area contributed by atoms with E-state index < -0.39 is 6.10 Å². The maximum Gasteiger partial charge on any atom is 0.248 e. The Balaban J connectivity index is 2.12. The molecule has 16 heavy (non-hydrogen) atoms. The third-order valence-electron chi connectivity index (χ3n) is 3.08. The molecule has 0 heterocycles. The van der Waals surface area contributed by atoms with Gasteiger partial charge in [-0.05, 0) is 37.8 Å². The monoisotopic (exact) mass is 219 g/mol. The average Bonchev–Trinajstić information content (AvgIpc) is 2.53. The second-order valence-electron chi connectivity index (χ2n) is 4.85. The number of nitrogens with one attached hydrogen (secondary N) is 1. The number of aliphatic hydroxyl groups excluding tert-OH is 1. The minimum Gasteiger partial charge on any atom is -0.384 e. The van der Waals surface area contributed by atoms with E-state index in [0.29, 0.717) is 0 Å². The van der Waals surface area contributed by atoms with Crippen LogP contribution in [0, 0.1) is 0 Å². The Kier molecular flexibility index (Phi) is 2.72. The molecule has 1 amide bonds. The van der Waals surface area contributed by atoms with Gasteiger partial charge in [-0.1, -0.05) is 24.3 Å². The van der Waals surface area contributed by atoms with Crippen LogP contribution in [0.4, 0.5) is 0 Å². The average molecular weight is 219 g/mol. The number of rotatable bonds is 2. The van der Waals surface area contributed by atoms with Crippen LogP contribution in [0.5, 0.6) is 0 Å². The number of fused-ring (bicyclic) bond motifs is 1. The summed E-state index contributed by atoms with van der Waals surface area (Å²) in [6.45, 7) is 3.51. The molecular formula is C13H17NO2. The van der Waals surface area contributed by atoms with Crippen molar-refractivity contribution in [2.24, 2.45) is 0 Å². The molecule has 0 saturated carbocycles. The molecule has 86 valence electrons. The molecule has 0 radical (unpaired) electrons. The zero-order chi connectivity index (χ0) is 11.8. The van der Waals surface area contributed by atoms with Gasteiger partial charge in [0.2, 0.25) is 5.91 Å². The SMILES string of the molecule is CC(O)C(=O)NC1(C)Cc2ccccc2C1. The van der Waals surface area contributed by atoms with Crippen molar-refractivity contribution >= 4 is 5.91 Å². The molecule has 0 aliphatic heterocycles. The van der Waals surface area contributed by atoms with E-state index in [1.807, 2.05) is 19.1 Å². The summed E-state index contributed by atoms with van der Waals surface area (Å²) in [4.78, 5) is 11.5. The predicted octanol–water partition coefficient (Wildman–Crippen LogP) is 1.04. The number of aliphatic hydroxyl groups is 1. The lowest BCUT2D eigenvalue weighted by atomic mass is 9.98. The molecule has 0 fully saturated rings. The van der Waals surface area contributed by atoms with Crippen molar-refractivity contribution in [1.82, 2.24) is 5.32 Å². The number of benzene rings is 1. The summed E-state index contributed by atoms with van der Waals surface area (Å²) in [5.74, 6) is -0.296. The molecule has 0 bridgehead atoms. The minimum atomic E-state index is -0.944. The van der Waals surface area contributed by atoms with Crippen LogP contribution in [0.2, 0.25) is 0 Å². The predicted molar refractivity (Wildman–Crippen MR) is 62.1 cm³/mol. The number of hydrogen-bond acceptors (Lipinski definition) is 2. The fourth-order valence-corrected chi connectivity index (χ4v) is 2.30. The highest BCUT2D eigenvalue weighted by Gasteiger charge is 2.34. The second-order valence-corrected chi connectivity index (χ2v) is 4.85. The second kappa shape index (κ2) is 3.91. The summed E-state index contributed by atoms with van der Waals surface area (Å²) >= 11 is 0. The number of amides is 1. The lowest BCUT2D eigenvalue weighted by Crippen LogP contribution is -2.49. The van der Waals surface area contributed by atoms with Crippen molar-refractivity contribution in [3.8, 4) is 0 Å².